The van der Waals surface area contributed by atoms with E-state index in [1.165, 1.54) is 19.3 Å². The number of alkyl halides is 2. The number of carbonyl (C=O) groups excluding carboxylic acids is 1. The van der Waals surface area contributed by atoms with Gasteiger partial charge in [-0.3, -0.25) is 14.9 Å². The highest BCUT2D eigenvalue weighted by Gasteiger charge is 2.72. The van der Waals surface area contributed by atoms with Gasteiger partial charge in [-0.05, 0) is 63.7 Å². The maximum Gasteiger partial charge on any atom is 0.246 e. The van der Waals surface area contributed by atoms with Crippen LogP contribution in [0.25, 0.3) is 0 Å². The first kappa shape index (κ1) is 23.8. The highest BCUT2D eigenvalue weighted by atomic mass is 35.5. The number of rotatable bonds is 9. The zero-order valence-corrected chi connectivity index (χ0v) is 20.5. The fraction of sp³-hybridized carbons (Fsp3) is 0.958. The summed E-state index contributed by atoms with van der Waals surface area (Å²) in [5.74, 6) is 0.786. The Bertz CT molecular complexity index is 745. The number of hydrogen-bond acceptors (Lipinski definition) is 7. The van der Waals surface area contributed by atoms with Gasteiger partial charge in [0.2, 0.25) is 5.91 Å². The van der Waals surface area contributed by atoms with E-state index in [2.05, 4.69) is 21.4 Å². The van der Waals surface area contributed by atoms with Gasteiger partial charge in [-0.15, -0.1) is 11.6 Å². The van der Waals surface area contributed by atoms with Crippen LogP contribution in [0, 0.1) is 11.3 Å². The predicted molar refractivity (Wildman–Crippen MR) is 124 cm³/mol. The number of nitrogens with one attached hydrogen (secondary N) is 4. The molecule has 10 heteroatoms. The van der Waals surface area contributed by atoms with Crippen molar-refractivity contribution in [2.75, 3.05) is 19.8 Å². The van der Waals surface area contributed by atoms with Gasteiger partial charge in [-0.1, -0.05) is 0 Å². The summed E-state index contributed by atoms with van der Waals surface area (Å²) in [4.78, 5) is 18.3. The van der Waals surface area contributed by atoms with E-state index in [9.17, 15) is 9.18 Å². The molecule has 5 aliphatic carbocycles. The summed E-state index contributed by atoms with van der Waals surface area (Å²) >= 11 is 5.92. The standard InChI is InChI=1S/C24H38ClFN4O4/c25-17-5-3-15(7-18(17)26)33-10-21(31)29-24-11-23(12-24,13-24)22-28-20(30-34-22)9-32-16-4-6-19(27-8-16)14-1-2-14/h14-20,22,27-28,30H,1-13H2,(H,29,31). The van der Waals surface area contributed by atoms with E-state index < -0.39 is 11.5 Å². The molecular weight excluding hydrogens is 463 g/mol. The van der Waals surface area contributed by atoms with E-state index in [1.807, 2.05) is 0 Å². The van der Waals surface area contributed by atoms with Crippen molar-refractivity contribution in [2.24, 2.45) is 11.3 Å². The van der Waals surface area contributed by atoms with Crippen LogP contribution in [0.5, 0.6) is 0 Å². The Morgan fingerprint density at radius 2 is 1.88 bits per heavy atom. The predicted octanol–water partition coefficient (Wildman–Crippen LogP) is 1.86. The number of carbonyl (C=O) groups is 1. The van der Waals surface area contributed by atoms with Crippen molar-refractivity contribution in [1.29, 1.82) is 0 Å². The Morgan fingerprint density at radius 1 is 1.09 bits per heavy atom. The lowest BCUT2D eigenvalue weighted by Crippen LogP contribution is -2.79. The number of ether oxygens (including phenoxy) is 2. The Labute approximate surface area is 205 Å². The highest BCUT2D eigenvalue weighted by molar-refractivity contribution is 6.21. The molecule has 7 atom stereocenters. The molecule has 7 fully saturated rings. The first-order valence-electron chi connectivity index (χ1n) is 13.2. The zero-order valence-electron chi connectivity index (χ0n) is 19.7. The average molecular weight is 501 g/mol. The topological polar surface area (TPSA) is 92.9 Å². The molecule has 0 radical (unpaired) electrons. The maximum atomic E-state index is 13.8. The van der Waals surface area contributed by atoms with Crippen LogP contribution in [0.15, 0.2) is 0 Å². The third-order valence-corrected chi connectivity index (χ3v) is 9.40. The third-order valence-electron chi connectivity index (χ3n) is 8.90. The second kappa shape index (κ2) is 9.39. The first-order valence-corrected chi connectivity index (χ1v) is 13.6. The zero-order chi connectivity index (χ0) is 23.3. The summed E-state index contributed by atoms with van der Waals surface area (Å²) in [6.07, 6.45) is 8.31. The Morgan fingerprint density at radius 3 is 2.59 bits per heavy atom. The fourth-order valence-corrected chi connectivity index (χ4v) is 7.14. The van der Waals surface area contributed by atoms with Crippen molar-refractivity contribution < 1.29 is 23.5 Å². The van der Waals surface area contributed by atoms with Gasteiger partial charge < -0.3 is 20.1 Å². The van der Waals surface area contributed by atoms with Gasteiger partial charge in [0.15, 0.2) is 0 Å². The minimum Gasteiger partial charge on any atom is -0.374 e. The molecular formula is C24H38ClFN4O4. The summed E-state index contributed by atoms with van der Waals surface area (Å²) < 4.78 is 25.5. The van der Waals surface area contributed by atoms with E-state index in [-0.39, 0.29) is 54.5 Å². The minimum atomic E-state index is -1.05. The number of hydroxylamine groups is 1. The van der Waals surface area contributed by atoms with Crippen molar-refractivity contribution in [2.45, 2.75) is 112 Å². The van der Waals surface area contributed by atoms with Crippen LogP contribution in [0.3, 0.4) is 0 Å². The van der Waals surface area contributed by atoms with Gasteiger partial charge in [0.05, 0.1) is 24.2 Å². The second-order valence-electron chi connectivity index (χ2n) is 11.7. The summed E-state index contributed by atoms with van der Waals surface area (Å²) in [6, 6.07) is 0.701. The van der Waals surface area contributed by atoms with Gasteiger partial charge in [0, 0.05) is 30.0 Å². The van der Waals surface area contributed by atoms with Gasteiger partial charge in [0.25, 0.3) is 0 Å². The van der Waals surface area contributed by atoms with E-state index in [1.54, 1.807) is 0 Å². The lowest BCUT2D eigenvalue weighted by molar-refractivity contribution is -0.232. The summed E-state index contributed by atoms with van der Waals surface area (Å²) in [5, 5.41) is 9.90. The van der Waals surface area contributed by atoms with E-state index in [0.717, 1.165) is 38.1 Å². The molecule has 7 unspecified atom stereocenters. The van der Waals surface area contributed by atoms with Crippen LogP contribution in [0.1, 0.15) is 64.2 Å². The molecule has 0 spiro atoms. The molecule has 2 saturated heterocycles. The van der Waals surface area contributed by atoms with Crippen molar-refractivity contribution in [3.8, 4) is 0 Å². The van der Waals surface area contributed by atoms with Gasteiger partial charge >= 0.3 is 0 Å². The molecule has 4 N–H and O–H groups in total. The normalized spacial score (nSPS) is 48.1. The lowest BCUT2D eigenvalue weighted by Gasteiger charge is -2.71. The SMILES string of the molecule is O=C(COC1CCC(Cl)C(F)C1)NC12CC(C3NC(COC4CCC(C5CC5)NC4)NO3)(C1)C2. The first-order chi connectivity index (χ1) is 16.4. The third kappa shape index (κ3) is 4.86. The monoisotopic (exact) mass is 500 g/mol. The van der Waals surface area contributed by atoms with Gasteiger partial charge in [-0.25, -0.2) is 4.39 Å². The van der Waals surface area contributed by atoms with E-state index in [4.69, 9.17) is 25.9 Å². The van der Waals surface area contributed by atoms with Crippen LogP contribution < -0.4 is 21.4 Å². The lowest BCUT2D eigenvalue weighted by atomic mass is 9.38. The van der Waals surface area contributed by atoms with Crippen LogP contribution in [0.2, 0.25) is 0 Å². The number of hydrogen-bond donors (Lipinski definition) is 4. The highest BCUT2D eigenvalue weighted by Crippen LogP contribution is 2.69. The number of piperidine rings is 1. The van der Waals surface area contributed by atoms with Crippen LogP contribution in [-0.4, -0.2) is 73.4 Å². The molecule has 0 aromatic carbocycles. The molecule has 8 nitrogen and oxygen atoms in total. The quantitative estimate of drug-likeness (QED) is 0.359. The molecule has 7 rings (SSSR count). The van der Waals surface area contributed by atoms with Gasteiger partial charge in [0.1, 0.15) is 25.2 Å². The fourth-order valence-electron chi connectivity index (χ4n) is 6.91. The van der Waals surface area contributed by atoms with E-state index >= 15 is 0 Å². The van der Waals surface area contributed by atoms with Gasteiger partial charge in [-0.2, -0.15) is 5.48 Å². The molecule has 1 amide bonds. The summed E-state index contributed by atoms with van der Waals surface area (Å²) in [6.45, 7) is 1.50. The molecule has 2 heterocycles. The molecule has 0 aromatic rings. The molecule has 34 heavy (non-hydrogen) atoms. The Hall–Kier alpha value is -0.550. The Kier molecular flexibility index (Phi) is 6.58. The molecule has 2 aliphatic heterocycles. The molecule has 5 saturated carbocycles. The molecule has 0 aromatic heterocycles. The van der Waals surface area contributed by atoms with Crippen molar-refractivity contribution in [3.05, 3.63) is 0 Å². The average Bonchev–Trinajstić information content (AvgIpc) is 3.53. The summed E-state index contributed by atoms with van der Waals surface area (Å²) in [7, 11) is 0. The van der Waals surface area contributed by atoms with Crippen LogP contribution in [0.4, 0.5) is 4.39 Å². The molecule has 2 bridgehead atoms. The number of amides is 1. The van der Waals surface area contributed by atoms with Crippen molar-refractivity contribution in [1.82, 2.24) is 21.4 Å². The van der Waals surface area contributed by atoms with Crippen molar-refractivity contribution in [3.63, 3.8) is 0 Å². The largest absolute Gasteiger partial charge is 0.374 e. The Balaban J connectivity index is 0.867. The van der Waals surface area contributed by atoms with E-state index in [0.29, 0.717) is 25.5 Å². The van der Waals surface area contributed by atoms with Crippen molar-refractivity contribution >= 4 is 17.5 Å². The molecule has 7 aliphatic rings. The van der Waals surface area contributed by atoms with Crippen LogP contribution in [-0.2, 0) is 19.1 Å². The van der Waals surface area contributed by atoms with Crippen LogP contribution >= 0.6 is 11.6 Å². The summed E-state index contributed by atoms with van der Waals surface area (Å²) in [5.41, 5.74) is 3.03. The minimum absolute atomic E-state index is 0.0125. The maximum absolute atomic E-state index is 13.8. The second-order valence-corrected chi connectivity index (χ2v) is 12.3. The molecule has 192 valence electrons. The number of halogens is 2. The smallest absolute Gasteiger partial charge is 0.246 e.